The molecule has 0 spiro atoms. The monoisotopic (exact) mass is 450 g/mol. The van der Waals surface area contributed by atoms with Gasteiger partial charge in [0.2, 0.25) is 5.91 Å². The predicted molar refractivity (Wildman–Crippen MR) is 108 cm³/mol. The van der Waals surface area contributed by atoms with Crippen molar-refractivity contribution in [2.75, 3.05) is 19.8 Å². The summed E-state index contributed by atoms with van der Waals surface area (Å²) in [6.07, 6.45) is 0.751. The van der Waals surface area contributed by atoms with Gasteiger partial charge in [-0.1, -0.05) is 28.1 Å². The number of para-hydroxylation sites is 2. The van der Waals surface area contributed by atoms with Crippen molar-refractivity contribution in [2.24, 2.45) is 0 Å². The number of amides is 2. The number of carbonyl (C=O) groups excluding carboxylic acids is 2. The molecule has 0 aliphatic heterocycles. The topological polar surface area (TPSA) is 85.9 Å². The quantitative estimate of drug-likeness (QED) is 0.428. The van der Waals surface area contributed by atoms with E-state index in [1.807, 2.05) is 37.3 Å². The lowest BCUT2D eigenvalue weighted by Crippen LogP contribution is -2.43. The third-order valence-electron chi connectivity index (χ3n) is 3.48. The molecule has 0 aromatic heterocycles. The van der Waals surface area contributed by atoms with Gasteiger partial charge in [-0.2, -0.15) is 0 Å². The highest BCUT2D eigenvalue weighted by atomic mass is 79.9. The van der Waals surface area contributed by atoms with Crippen LogP contribution in [-0.4, -0.2) is 31.6 Å². The Morgan fingerprint density at radius 3 is 2.21 bits per heavy atom. The number of hydrazine groups is 1. The second-order valence-electron chi connectivity index (χ2n) is 5.67. The van der Waals surface area contributed by atoms with Crippen LogP contribution in [0, 0.1) is 0 Å². The largest absolute Gasteiger partial charge is 0.494 e. The van der Waals surface area contributed by atoms with Gasteiger partial charge >= 0.3 is 0 Å². The Labute approximate surface area is 172 Å². The Hall–Kier alpha value is -2.74. The molecule has 0 radical (unpaired) electrons. The summed E-state index contributed by atoms with van der Waals surface area (Å²) in [5, 5.41) is 0. The summed E-state index contributed by atoms with van der Waals surface area (Å²) < 4.78 is 17.4. The van der Waals surface area contributed by atoms with Gasteiger partial charge in [0.1, 0.15) is 5.75 Å². The average molecular weight is 451 g/mol. The van der Waals surface area contributed by atoms with E-state index in [4.69, 9.17) is 14.2 Å². The van der Waals surface area contributed by atoms with Crippen molar-refractivity contribution in [3.05, 3.63) is 53.0 Å². The van der Waals surface area contributed by atoms with E-state index in [1.54, 1.807) is 18.2 Å². The van der Waals surface area contributed by atoms with E-state index >= 15 is 0 Å². The van der Waals surface area contributed by atoms with E-state index in [0.717, 1.165) is 10.2 Å². The van der Waals surface area contributed by atoms with Crippen LogP contribution in [0.4, 0.5) is 0 Å². The predicted octanol–water partition coefficient (Wildman–Crippen LogP) is 3.23. The first-order valence-electron chi connectivity index (χ1n) is 8.89. The number of benzene rings is 2. The highest BCUT2D eigenvalue weighted by Gasteiger charge is 2.08. The molecule has 2 N–H and O–H groups in total. The molecule has 2 aromatic rings. The number of hydrogen-bond donors (Lipinski definition) is 2. The molecule has 0 aliphatic carbocycles. The number of carbonyl (C=O) groups is 2. The van der Waals surface area contributed by atoms with Crippen molar-refractivity contribution >= 4 is 27.7 Å². The molecule has 0 atom stereocenters. The summed E-state index contributed by atoms with van der Waals surface area (Å²) >= 11 is 3.35. The van der Waals surface area contributed by atoms with Gasteiger partial charge < -0.3 is 14.2 Å². The first-order chi connectivity index (χ1) is 13.6. The molecule has 0 heterocycles. The SMILES string of the molecule is CCOc1ccccc1OCC(=O)NNC(=O)CCCOc1ccc(Br)cc1. The fraction of sp³-hybridized carbons (Fsp3) is 0.300. The van der Waals surface area contributed by atoms with Crippen LogP contribution < -0.4 is 25.1 Å². The van der Waals surface area contributed by atoms with Crippen LogP contribution in [0.1, 0.15) is 19.8 Å². The van der Waals surface area contributed by atoms with Crippen molar-refractivity contribution in [2.45, 2.75) is 19.8 Å². The molecule has 0 saturated heterocycles. The number of hydrogen-bond acceptors (Lipinski definition) is 5. The molecule has 150 valence electrons. The van der Waals surface area contributed by atoms with Gasteiger partial charge in [0, 0.05) is 10.9 Å². The van der Waals surface area contributed by atoms with E-state index in [1.165, 1.54) is 0 Å². The molecule has 0 saturated carbocycles. The molecule has 0 fully saturated rings. The van der Waals surface area contributed by atoms with Crippen molar-refractivity contribution < 1.29 is 23.8 Å². The molecule has 8 heteroatoms. The summed E-state index contributed by atoms with van der Waals surface area (Å²) in [6, 6.07) is 14.5. The highest BCUT2D eigenvalue weighted by Crippen LogP contribution is 2.26. The molecule has 7 nitrogen and oxygen atoms in total. The molecule has 2 amide bonds. The maximum atomic E-state index is 11.8. The first-order valence-corrected chi connectivity index (χ1v) is 9.68. The lowest BCUT2D eigenvalue weighted by atomic mass is 10.3. The molecule has 2 rings (SSSR count). The van der Waals surface area contributed by atoms with E-state index in [9.17, 15) is 9.59 Å². The molecule has 0 unspecified atom stereocenters. The fourth-order valence-electron chi connectivity index (χ4n) is 2.18. The zero-order valence-electron chi connectivity index (χ0n) is 15.6. The third kappa shape index (κ3) is 7.87. The second kappa shape index (κ2) is 11.9. The van der Waals surface area contributed by atoms with Gasteiger partial charge in [0.15, 0.2) is 18.1 Å². The van der Waals surface area contributed by atoms with Crippen LogP contribution >= 0.6 is 15.9 Å². The smallest absolute Gasteiger partial charge is 0.276 e. The fourth-order valence-corrected chi connectivity index (χ4v) is 2.44. The number of rotatable bonds is 10. The maximum Gasteiger partial charge on any atom is 0.276 e. The van der Waals surface area contributed by atoms with E-state index in [-0.39, 0.29) is 18.9 Å². The van der Waals surface area contributed by atoms with Gasteiger partial charge in [-0.3, -0.25) is 20.4 Å². The molecule has 0 bridgehead atoms. The molecular weight excluding hydrogens is 428 g/mol. The molecular formula is C20H23BrN2O5. The Kier molecular flexibility index (Phi) is 9.14. The van der Waals surface area contributed by atoms with E-state index in [2.05, 4.69) is 26.8 Å². The van der Waals surface area contributed by atoms with E-state index < -0.39 is 5.91 Å². The minimum atomic E-state index is -0.467. The summed E-state index contributed by atoms with van der Waals surface area (Å²) in [4.78, 5) is 23.6. The minimum absolute atomic E-state index is 0.227. The van der Waals surface area contributed by atoms with Crippen molar-refractivity contribution in [3.63, 3.8) is 0 Å². The Bertz CT molecular complexity index is 767. The number of nitrogens with one attached hydrogen (secondary N) is 2. The zero-order valence-corrected chi connectivity index (χ0v) is 17.2. The molecule has 2 aromatic carbocycles. The first kappa shape index (κ1) is 21.6. The standard InChI is InChI=1S/C20H23BrN2O5/c1-2-26-17-6-3-4-7-18(17)28-14-20(25)23-22-19(24)8-5-13-27-16-11-9-15(21)10-12-16/h3-4,6-7,9-12H,2,5,8,13-14H2,1H3,(H,22,24)(H,23,25). The van der Waals surface area contributed by atoms with Crippen LogP contribution in [0.5, 0.6) is 17.2 Å². The highest BCUT2D eigenvalue weighted by molar-refractivity contribution is 9.10. The van der Waals surface area contributed by atoms with Crippen LogP contribution in [-0.2, 0) is 9.59 Å². The van der Waals surface area contributed by atoms with Crippen LogP contribution in [0.2, 0.25) is 0 Å². The van der Waals surface area contributed by atoms with Crippen LogP contribution in [0.25, 0.3) is 0 Å². The maximum absolute atomic E-state index is 11.8. The van der Waals surface area contributed by atoms with Gasteiger partial charge in [0.05, 0.1) is 13.2 Å². The van der Waals surface area contributed by atoms with Crippen molar-refractivity contribution in [3.8, 4) is 17.2 Å². The zero-order chi connectivity index (χ0) is 20.2. The lowest BCUT2D eigenvalue weighted by molar-refractivity contribution is -0.130. The minimum Gasteiger partial charge on any atom is -0.494 e. The summed E-state index contributed by atoms with van der Waals surface area (Å²) in [6.45, 7) is 2.52. The molecule has 28 heavy (non-hydrogen) atoms. The average Bonchev–Trinajstić information content (AvgIpc) is 2.70. The Balaban J connectivity index is 1.60. The van der Waals surface area contributed by atoms with Gasteiger partial charge in [-0.25, -0.2) is 0 Å². The summed E-state index contributed by atoms with van der Waals surface area (Å²) in [7, 11) is 0. The normalized spacial score (nSPS) is 10.1. The Morgan fingerprint density at radius 2 is 1.54 bits per heavy atom. The van der Waals surface area contributed by atoms with Crippen LogP contribution in [0.3, 0.4) is 0 Å². The van der Waals surface area contributed by atoms with Crippen LogP contribution in [0.15, 0.2) is 53.0 Å². The van der Waals surface area contributed by atoms with Gasteiger partial charge in [-0.05, 0) is 49.7 Å². The number of ether oxygens (including phenoxy) is 3. The second-order valence-corrected chi connectivity index (χ2v) is 6.59. The lowest BCUT2D eigenvalue weighted by Gasteiger charge is -2.12. The van der Waals surface area contributed by atoms with Gasteiger partial charge in [0.25, 0.3) is 5.91 Å². The third-order valence-corrected chi connectivity index (χ3v) is 4.01. The van der Waals surface area contributed by atoms with Crippen molar-refractivity contribution in [1.29, 1.82) is 0 Å². The molecule has 0 aliphatic rings. The summed E-state index contributed by atoms with van der Waals surface area (Å²) in [5.74, 6) is 0.998. The number of halogens is 1. The Morgan fingerprint density at radius 1 is 0.893 bits per heavy atom. The van der Waals surface area contributed by atoms with Gasteiger partial charge in [-0.15, -0.1) is 0 Å². The summed E-state index contributed by atoms with van der Waals surface area (Å²) in [5.41, 5.74) is 4.67. The van der Waals surface area contributed by atoms with Crippen molar-refractivity contribution in [1.82, 2.24) is 10.9 Å². The van der Waals surface area contributed by atoms with E-state index in [0.29, 0.717) is 31.1 Å².